The van der Waals surface area contributed by atoms with Crippen molar-refractivity contribution in [3.8, 4) is 0 Å². The van der Waals surface area contributed by atoms with E-state index in [1.807, 2.05) is 0 Å². The maximum Gasteiger partial charge on any atom is 0.235 e. The number of nitrogens with one attached hydrogen (secondary N) is 1. The topological polar surface area (TPSA) is 81.1 Å². The molecule has 1 aliphatic carbocycles. The zero-order chi connectivity index (χ0) is 7.56. The lowest BCUT2D eigenvalue weighted by Gasteiger charge is -2.07. The number of hydrogen-bond donors (Lipinski definition) is 3. The van der Waals surface area contributed by atoms with Gasteiger partial charge in [0.2, 0.25) is 5.91 Å². The Labute approximate surface area is 59.9 Å². The Morgan fingerprint density at radius 2 is 2.30 bits per heavy atom. The van der Waals surface area contributed by atoms with Crippen LogP contribution in [0.5, 0.6) is 0 Å². The lowest BCUT2D eigenvalue weighted by molar-refractivity contribution is -0.121. The van der Waals surface area contributed by atoms with Crippen LogP contribution in [0.15, 0.2) is 0 Å². The second kappa shape index (κ2) is 2.98. The van der Waals surface area contributed by atoms with E-state index in [-0.39, 0.29) is 11.9 Å². The van der Waals surface area contributed by atoms with Crippen LogP contribution >= 0.6 is 0 Å². The molecule has 1 rings (SSSR count). The van der Waals surface area contributed by atoms with Crippen molar-refractivity contribution in [2.24, 2.45) is 17.5 Å². The first-order chi connectivity index (χ1) is 4.74. The SMILES string of the molecule is NNC(=O)CC(N)C1CC1. The average Bonchev–Trinajstić information content (AvgIpc) is 2.68. The highest BCUT2D eigenvalue weighted by Crippen LogP contribution is 2.32. The summed E-state index contributed by atoms with van der Waals surface area (Å²) in [7, 11) is 0. The van der Waals surface area contributed by atoms with Crippen molar-refractivity contribution in [3.05, 3.63) is 0 Å². The van der Waals surface area contributed by atoms with E-state index in [1.54, 1.807) is 0 Å². The molecule has 0 heterocycles. The molecule has 1 atom stereocenters. The molecule has 4 heteroatoms. The normalized spacial score (nSPS) is 20.2. The monoisotopic (exact) mass is 143 g/mol. The van der Waals surface area contributed by atoms with Crippen molar-refractivity contribution in [1.29, 1.82) is 0 Å². The van der Waals surface area contributed by atoms with Crippen LogP contribution in [0, 0.1) is 5.92 Å². The van der Waals surface area contributed by atoms with Gasteiger partial charge in [0.05, 0.1) is 0 Å². The van der Waals surface area contributed by atoms with E-state index in [4.69, 9.17) is 11.6 Å². The van der Waals surface area contributed by atoms with Crippen LogP contribution in [0.3, 0.4) is 0 Å². The molecular weight excluding hydrogens is 130 g/mol. The van der Waals surface area contributed by atoms with Crippen molar-refractivity contribution in [1.82, 2.24) is 5.43 Å². The van der Waals surface area contributed by atoms with E-state index >= 15 is 0 Å². The van der Waals surface area contributed by atoms with Crippen LogP contribution in [0.4, 0.5) is 0 Å². The predicted octanol–water partition coefficient (Wildman–Crippen LogP) is -0.896. The maximum atomic E-state index is 10.6. The number of hydrazine groups is 1. The third kappa shape index (κ3) is 1.97. The Kier molecular flexibility index (Phi) is 2.24. The maximum absolute atomic E-state index is 10.6. The first kappa shape index (κ1) is 7.50. The molecule has 5 N–H and O–H groups in total. The molecule has 0 spiro atoms. The van der Waals surface area contributed by atoms with Gasteiger partial charge in [-0.1, -0.05) is 0 Å². The summed E-state index contributed by atoms with van der Waals surface area (Å²) in [4.78, 5) is 10.6. The van der Waals surface area contributed by atoms with Gasteiger partial charge in [0.15, 0.2) is 0 Å². The molecule has 0 aliphatic heterocycles. The molecule has 58 valence electrons. The Balaban J connectivity index is 2.16. The van der Waals surface area contributed by atoms with Gasteiger partial charge in [0.25, 0.3) is 0 Å². The van der Waals surface area contributed by atoms with E-state index in [0.717, 1.165) is 0 Å². The Morgan fingerprint density at radius 3 is 2.70 bits per heavy atom. The number of rotatable bonds is 3. The van der Waals surface area contributed by atoms with Crippen LogP contribution in [-0.2, 0) is 4.79 Å². The van der Waals surface area contributed by atoms with Gasteiger partial charge in [-0.05, 0) is 18.8 Å². The van der Waals surface area contributed by atoms with Gasteiger partial charge in [-0.15, -0.1) is 0 Å². The van der Waals surface area contributed by atoms with Gasteiger partial charge < -0.3 is 5.73 Å². The van der Waals surface area contributed by atoms with Gasteiger partial charge >= 0.3 is 0 Å². The Bertz CT molecular complexity index is 133. The summed E-state index contributed by atoms with van der Waals surface area (Å²) in [5.41, 5.74) is 7.70. The van der Waals surface area contributed by atoms with E-state index < -0.39 is 0 Å². The molecule has 1 unspecified atom stereocenters. The first-order valence-corrected chi connectivity index (χ1v) is 3.49. The molecule has 0 aromatic rings. The molecule has 1 amide bonds. The molecule has 0 radical (unpaired) electrons. The van der Waals surface area contributed by atoms with E-state index in [9.17, 15) is 4.79 Å². The van der Waals surface area contributed by atoms with Crippen LogP contribution < -0.4 is 17.0 Å². The van der Waals surface area contributed by atoms with Crippen LogP contribution in [0.1, 0.15) is 19.3 Å². The third-order valence-electron chi connectivity index (χ3n) is 1.81. The first-order valence-electron chi connectivity index (χ1n) is 3.49. The molecule has 0 bridgehead atoms. The highest BCUT2D eigenvalue weighted by Gasteiger charge is 2.29. The zero-order valence-corrected chi connectivity index (χ0v) is 5.84. The largest absolute Gasteiger partial charge is 0.327 e. The lowest BCUT2D eigenvalue weighted by atomic mass is 10.1. The van der Waals surface area contributed by atoms with Crippen molar-refractivity contribution >= 4 is 5.91 Å². The minimum atomic E-state index is -0.167. The van der Waals surface area contributed by atoms with Crippen LogP contribution in [0.2, 0.25) is 0 Å². The fourth-order valence-corrected chi connectivity index (χ4v) is 0.964. The molecule has 1 aliphatic rings. The molecule has 0 aromatic heterocycles. The summed E-state index contributed by atoms with van der Waals surface area (Å²) in [6, 6.07) is 0.0172. The summed E-state index contributed by atoms with van der Waals surface area (Å²) in [5.74, 6) is 5.29. The van der Waals surface area contributed by atoms with Crippen LogP contribution in [0.25, 0.3) is 0 Å². The highest BCUT2D eigenvalue weighted by atomic mass is 16.2. The minimum absolute atomic E-state index is 0.0172. The Hall–Kier alpha value is -0.610. The van der Waals surface area contributed by atoms with Gasteiger partial charge in [0.1, 0.15) is 0 Å². The standard InChI is InChI=1S/C6H13N3O/c7-5(4-1-2-4)3-6(10)9-8/h4-5H,1-3,7-8H2,(H,9,10). The second-order valence-corrected chi connectivity index (χ2v) is 2.77. The van der Waals surface area contributed by atoms with E-state index in [0.29, 0.717) is 12.3 Å². The molecule has 0 saturated heterocycles. The summed E-state index contributed by atoms with van der Waals surface area (Å²) in [6.07, 6.45) is 2.69. The predicted molar refractivity (Wildman–Crippen MR) is 37.6 cm³/mol. The van der Waals surface area contributed by atoms with Gasteiger partial charge in [-0.25, -0.2) is 5.84 Å². The van der Waals surface area contributed by atoms with Crippen molar-refractivity contribution < 1.29 is 4.79 Å². The Morgan fingerprint density at radius 1 is 1.70 bits per heavy atom. The second-order valence-electron chi connectivity index (χ2n) is 2.77. The molecule has 1 fully saturated rings. The number of hydrogen-bond acceptors (Lipinski definition) is 3. The van der Waals surface area contributed by atoms with Crippen molar-refractivity contribution in [2.45, 2.75) is 25.3 Å². The van der Waals surface area contributed by atoms with Gasteiger partial charge in [-0.2, -0.15) is 0 Å². The zero-order valence-electron chi connectivity index (χ0n) is 5.84. The summed E-state index contributed by atoms with van der Waals surface area (Å²) in [5, 5.41) is 0. The van der Waals surface area contributed by atoms with Crippen molar-refractivity contribution in [3.63, 3.8) is 0 Å². The number of carbonyl (C=O) groups is 1. The fourth-order valence-electron chi connectivity index (χ4n) is 0.964. The van der Waals surface area contributed by atoms with Gasteiger partial charge in [0, 0.05) is 12.5 Å². The molecule has 0 aromatic carbocycles. The average molecular weight is 143 g/mol. The lowest BCUT2D eigenvalue weighted by Crippen LogP contribution is -2.36. The van der Waals surface area contributed by atoms with Crippen molar-refractivity contribution in [2.75, 3.05) is 0 Å². The van der Waals surface area contributed by atoms with E-state index in [2.05, 4.69) is 5.43 Å². The molecule has 1 saturated carbocycles. The van der Waals surface area contributed by atoms with Gasteiger partial charge in [-0.3, -0.25) is 10.2 Å². The quantitative estimate of drug-likeness (QED) is 0.272. The molecule has 10 heavy (non-hydrogen) atoms. The van der Waals surface area contributed by atoms with E-state index in [1.165, 1.54) is 12.8 Å². The smallest absolute Gasteiger partial charge is 0.235 e. The fraction of sp³-hybridized carbons (Fsp3) is 0.833. The summed E-state index contributed by atoms with van der Waals surface area (Å²) < 4.78 is 0. The number of carbonyl (C=O) groups excluding carboxylic acids is 1. The number of amides is 1. The summed E-state index contributed by atoms with van der Waals surface area (Å²) in [6.45, 7) is 0. The number of nitrogens with two attached hydrogens (primary N) is 2. The highest BCUT2D eigenvalue weighted by molar-refractivity contribution is 5.75. The molecular formula is C6H13N3O. The summed E-state index contributed by atoms with van der Waals surface area (Å²) >= 11 is 0. The van der Waals surface area contributed by atoms with Crippen LogP contribution in [-0.4, -0.2) is 11.9 Å². The third-order valence-corrected chi connectivity index (χ3v) is 1.81. The molecule has 4 nitrogen and oxygen atoms in total. The minimum Gasteiger partial charge on any atom is -0.327 e.